The van der Waals surface area contributed by atoms with Gasteiger partial charge in [0.1, 0.15) is 5.75 Å². The summed E-state index contributed by atoms with van der Waals surface area (Å²) in [6.45, 7) is 5.75. The Labute approximate surface area is 212 Å². The number of amides is 1. The van der Waals surface area contributed by atoms with E-state index in [1.54, 1.807) is 13.8 Å². The number of hydrogen-bond acceptors (Lipinski definition) is 5. The Morgan fingerprint density at radius 1 is 1.17 bits per heavy atom. The first-order valence-electron chi connectivity index (χ1n) is 12.8. The lowest BCUT2D eigenvalue weighted by atomic mass is 9.95. The molecule has 7 nitrogen and oxygen atoms in total. The molecule has 1 aliphatic carbocycles. The average molecular weight is 487 g/mol. The van der Waals surface area contributed by atoms with Gasteiger partial charge in [-0.05, 0) is 62.8 Å². The molecule has 5 rings (SSSR count). The van der Waals surface area contributed by atoms with Crippen molar-refractivity contribution in [2.45, 2.75) is 57.7 Å². The number of rotatable bonds is 9. The first-order valence-corrected chi connectivity index (χ1v) is 12.8. The van der Waals surface area contributed by atoms with E-state index in [9.17, 15) is 9.59 Å². The van der Waals surface area contributed by atoms with Crippen molar-refractivity contribution in [2.75, 3.05) is 18.0 Å². The number of carbonyl (C=O) groups is 2. The number of carbonyl (C=O) groups excluding carboxylic acids is 2. The molecule has 0 spiro atoms. The molecule has 0 unspecified atom stereocenters. The molecule has 1 N–H and O–H groups in total. The summed E-state index contributed by atoms with van der Waals surface area (Å²) in [6.07, 6.45) is 8.56. The topological polar surface area (TPSA) is 78.5 Å². The maximum absolute atomic E-state index is 13.7. The second kappa shape index (κ2) is 10.2. The minimum absolute atomic E-state index is 0.0273. The van der Waals surface area contributed by atoms with E-state index in [4.69, 9.17) is 4.74 Å². The van der Waals surface area contributed by atoms with Gasteiger partial charge < -0.3 is 14.5 Å². The summed E-state index contributed by atoms with van der Waals surface area (Å²) in [5, 5.41) is 6.88. The molecule has 0 radical (unpaired) electrons. The third kappa shape index (κ3) is 5.61. The van der Waals surface area contributed by atoms with Crippen LogP contribution in [0, 0.1) is 5.92 Å². The number of piperidine rings is 1. The first-order chi connectivity index (χ1) is 17.4. The fraction of sp³-hybridized carbons (Fsp3) is 0.414. The molecule has 3 aromatic rings. The number of aromatic amines is 1. The van der Waals surface area contributed by atoms with Crippen LogP contribution in [0.3, 0.4) is 0 Å². The van der Waals surface area contributed by atoms with Gasteiger partial charge in [-0.25, -0.2) is 0 Å². The minimum atomic E-state index is -0.874. The predicted octanol–water partition coefficient (Wildman–Crippen LogP) is 4.84. The second-order valence-electron chi connectivity index (χ2n) is 10.5. The van der Waals surface area contributed by atoms with Gasteiger partial charge >= 0.3 is 0 Å². The number of H-pyrrole nitrogens is 1. The molecule has 2 fully saturated rings. The summed E-state index contributed by atoms with van der Waals surface area (Å²) in [5.74, 6) is 0.896. The summed E-state index contributed by atoms with van der Waals surface area (Å²) in [4.78, 5) is 29.4. The maximum Gasteiger partial charge on any atom is 0.228 e. The molecule has 1 aliphatic heterocycles. The van der Waals surface area contributed by atoms with Crippen LogP contribution >= 0.6 is 0 Å². The van der Waals surface area contributed by atoms with Crippen molar-refractivity contribution in [1.82, 2.24) is 15.1 Å². The number of benzene rings is 2. The van der Waals surface area contributed by atoms with Crippen LogP contribution in [0.2, 0.25) is 0 Å². The highest BCUT2D eigenvalue weighted by molar-refractivity contribution is 5.80. The van der Waals surface area contributed by atoms with Crippen LogP contribution in [0.4, 0.5) is 5.69 Å². The Hall–Kier alpha value is -3.61. The molecule has 1 amide bonds. The molecule has 2 aromatic carbocycles. The fourth-order valence-electron chi connectivity index (χ4n) is 4.90. The van der Waals surface area contributed by atoms with E-state index in [-0.39, 0.29) is 11.8 Å². The number of aldehydes is 1. The molecule has 36 heavy (non-hydrogen) atoms. The number of ether oxygens (including phenoxy) is 1. The van der Waals surface area contributed by atoms with Gasteiger partial charge in [0.25, 0.3) is 0 Å². The van der Waals surface area contributed by atoms with Crippen molar-refractivity contribution in [2.24, 2.45) is 5.92 Å². The Morgan fingerprint density at radius 3 is 2.67 bits per heavy atom. The number of nitrogens with zero attached hydrogens (tertiary/aromatic N) is 3. The number of aromatic nitrogens is 2. The van der Waals surface area contributed by atoms with E-state index >= 15 is 0 Å². The summed E-state index contributed by atoms with van der Waals surface area (Å²) in [6, 6.07) is 16.6. The predicted molar refractivity (Wildman–Crippen MR) is 140 cm³/mol. The largest absolute Gasteiger partial charge is 0.480 e. The quantitative estimate of drug-likeness (QED) is 0.438. The zero-order valence-electron chi connectivity index (χ0n) is 21.0. The van der Waals surface area contributed by atoms with Gasteiger partial charge in [-0.3, -0.25) is 14.7 Å². The molecule has 7 heteroatoms. The zero-order chi connectivity index (χ0) is 25.1. The third-order valence-electron chi connectivity index (χ3n) is 7.03. The van der Waals surface area contributed by atoms with E-state index < -0.39 is 5.60 Å². The van der Waals surface area contributed by atoms with E-state index in [1.807, 2.05) is 36.7 Å². The highest BCUT2D eigenvalue weighted by atomic mass is 16.5. The highest BCUT2D eigenvalue weighted by Crippen LogP contribution is 2.33. The molecule has 1 aromatic heterocycles. The summed E-state index contributed by atoms with van der Waals surface area (Å²) in [7, 11) is 0. The monoisotopic (exact) mass is 486 g/mol. The number of nitrogens with one attached hydrogen (secondary N) is 1. The van der Waals surface area contributed by atoms with Crippen LogP contribution < -0.4 is 9.64 Å². The standard InChI is InChI=1S/C29H34N4O3/c1-29(2,20-34)36-27-7-3-6-26(15-27)32-14-4-5-23(19-32)28(35)33(25-12-13-25)18-21-8-10-22(11-9-21)24-16-30-31-17-24/h3,6-11,15-17,20,23,25H,4-5,12-14,18-19H2,1-2H3,(H,30,31)/t23-/m1/s1. The third-order valence-corrected chi connectivity index (χ3v) is 7.03. The molecule has 1 atom stereocenters. The van der Waals surface area contributed by atoms with Gasteiger partial charge in [-0.1, -0.05) is 30.3 Å². The molecule has 188 valence electrons. The molecule has 2 aliphatic rings. The Bertz CT molecular complexity index is 1190. The van der Waals surface area contributed by atoms with Gasteiger partial charge in [0, 0.05) is 49.2 Å². The molecule has 1 saturated carbocycles. The zero-order valence-corrected chi connectivity index (χ0v) is 21.0. The fourth-order valence-corrected chi connectivity index (χ4v) is 4.90. The van der Waals surface area contributed by atoms with E-state index in [1.165, 1.54) is 0 Å². The van der Waals surface area contributed by atoms with Crippen LogP contribution in [0.15, 0.2) is 60.9 Å². The van der Waals surface area contributed by atoms with Crippen molar-refractivity contribution in [1.29, 1.82) is 0 Å². The van der Waals surface area contributed by atoms with Crippen molar-refractivity contribution in [3.05, 3.63) is 66.5 Å². The Balaban J connectivity index is 1.26. The first kappa shape index (κ1) is 24.1. The van der Waals surface area contributed by atoms with Crippen LogP contribution in [0.5, 0.6) is 5.75 Å². The van der Waals surface area contributed by atoms with Crippen molar-refractivity contribution in [3.8, 4) is 16.9 Å². The number of hydrogen-bond donors (Lipinski definition) is 1. The molecule has 0 bridgehead atoms. The van der Waals surface area contributed by atoms with Crippen LogP contribution in [0.1, 0.15) is 45.1 Å². The summed E-state index contributed by atoms with van der Waals surface area (Å²) < 4.78 is 5.86. The van der Waals surface area contributed by atoms with E-state index in [0.717, 1.165) is 60.9 Å². The average Bonchev–Trinajstić information content (AvgIpc) is 3.59. The van der Waals surface area contributed by atoms with Gasteiger partial charge in [-0.15, -0.1) is 0 Å². The lowest BCUT2D eigenvalue weighted by Crippen LogP contribution is -2.45. The Morgan fingerprint density at radius 2 is 1.97 bits per heavy atom. The van der Waals surface area contributed by atoms with E-state index in [0.29, 0.717) is 24.9 Å². The van der Waals surface area contributed by atoms with Crippen molar-refractivity contribution in [3.63, 3.8) is 0 Å². The molecular weight excluding hydrogens is 452 g/mol. The summed E-state index contributed by atoms with van der Waals surface area (Å²) >= 11 is 0. The van der Waals surface area contributed by atoms with Crippen LogP contribution in [-0.2, 0) is 16.1 Å². The summed E-state index contributed by atoms with van der Waals surface area (Å²) in [5.41, 5.74) is 3.48. The van der Waals surface area contributed by atoms with Gasteiger partial charge in [-0.2, -0.15) is 5.10 Å². The SMILES string of the molecule is CC(C)(C=O)Oc1cccc(N2CCC[C@@H](C(=O)N(Cc3ccc(-c4cn[nH]c4)cc3)C3CC3)C2)c1. The maximum atomic E-state index is 13.7. The van der Waals surface area contributed by atoms with Gasteiger partial charge in [0.15, 0.2) is 11.9 Å². The molecular formula is C29H34N4O3. The van der Waals surface area contributed by atoms with Crippen molar-refractivity contribution >= 4 is 17.9 Å². The number of anilines is 1. The second-order valence-corrected chi connectivity index (χ2v) is 10.5. The molecule has 1 saturated heterocycles. The lowest BCUT2D eigenvalue weighted by Gasteiger charge is -2.36. The van der Waals surface area contributed by atoms with Crippen LogP contribution in [-0.4, -0.2) is 52.0 Å². The smallest absolute Gasteiger partial charge is 0.228 e. The van der Waals surface area contributed by atoms with Gasteiger partial charge in [0.2, 0.25) is 5.91 Å². The minimum Gasteiger partial charge on any atom is -0.480 e. The van der Waals surface area contributed by atoms with Crippen molar-refractivity contribution < 1.29 is 14.3 Å². The van der Waals surface area contributed by atoms with Gasteiger partial charge in [0.05, 0.1) is 12.1 Å². The van der Waals surface area contributed by atoms with E-state index in [2.05, 4.69) is 44.3 Å². The van der Waals surface area contributed by atoms with Crippen LogP contribution in [0.25, 0.3) is 11.1 Å². The Kier molecular flexibility index (Phi) is 6.81. The molecule has 2 heterocycles. The lowest BCUT2D eigenvalue weighted by molar-refractivity contribution is -0.137. The highest BCUT2D eigenvalue weighted by Gasteiger charge is 2.37. The normalized spacial score (nSPS) is 18.1.